The molecule has 0 amide bonds. The van der Waals surface area contributed by atoms with Gasteiger partial charge in [0.25, 0.3) is 0 Å². The van der Waals surface area contributed by atoms with Gasteiger partial charge in [-0.15, -0.1) is 0 Å². The minimum absolute atomic E-state index is 0.0205. The van der Waals surface area contributed by atoms with Gasteiger partial charge in [-0.25, -0.2) is 9.50 Å². The van der Waals surface area contributed by atoms with Gasteiger partial charge in [0.1, 0.15) is 5.52 Å². The zero-order valence-electron chi connectivity index (χ0n) is 11.7. The van der Waals surface area contributed by atoms with Crippen LogP contribution < -0.4 is 11.1 Å². The highest BCUT2D eigenvalue weighted by Crippen LogP contribution is 2.30. The molecular weight excluding hydrogens is 283 g/mol. The molecule has 0 radical (unpaired) electrons. The number of nitrogens with two attached hydrogens (primary N) is 1. The lowest BCUT2D eigenvalue weighted by Crippen LogP contribution is -2.29. The van der Waals surface area contributed by atoms with Crippen LogP contribution in [0.2, 0.25) is 0 Å². The fourth-order valence-corrected chi connectivity index (χ4v) is 2.06. The zero-order valence-corrected chi connectivity index (χ0v) is 11.7. The molecule has 2 heterocycles. The first-order valence-corrected chi connectivity index (χ1v) is 6.84. The smallest absolute Gasteiger partial charge is 0.364 e. The van der Waals surface area contributed by atoms with Crippen LogP contribution in [0.5, 0.6) is 0 Å². The van der Waals surface area contributed by atoms with Gasteiger partial charge in [-0.05, 0) is 6.42 Å². The summed E-state index contributed by atoms with van der Waals surface area (Å²) in [4.78, 5) is 4.10. The number of alkyl halides is 3. The molecule has 8 heteroatoms. The van der Waals surface area contributed by atoms with Crippen molar-refractivity contribution in [3.63, 3.8) is 0 Å². The van der Waals surface area contributed by atoms with Crippen molar-refractivity contribution in [3.8, 4) is 0 Å². The normalized spacial score (nSPS) is 13.6. The summed E-state index contributed by atoms with van der Waals surface area (Å²) in [6.07, 6.45) is 1.19. The van der Waals surface area contributed by atoms with Crippen LogP contribution >= 0.6 is 0 Å². The highest BCUT2D eigenvalue weighted by atomic mass is 19.4. The van der Waals surface area contributed by atoms with Gasteiger partial charge in [0.2, 0.25) is 0 Å². The summed E-state index contributed by atoms with van der Waals surface area (Å²) >= 11 is 0. The van der Waals surface area contributed by atoms with Crippen molar-refractivity contribution in [2.24, 2.45) is 5.73 Å². The molecule has 5 nitrogen and oxygen atoms in total. The number of nitrogens with zero attached hydrogens (tertiary/aromatic N) is 3. The number of hydrogen-bond donors (Lipinski definition) is 2. The van der Waals surface area contributed by atoms with Gasteiger partial charge < -0.3 is 11.1 Å². The summed E-state index contributed by atoms with van der Waals surface area (Å²) in [5.74, 6) is 0.368. The number of rotatable bonds is 6. The van der Waals surface area contributed by atoms with Gasteiger partial charge in [-0.3, -0.25) is 0 Å². The summed E-state index contributed by atoms with van der Waals surface area (Å²) in [5, 5.41) is 6.63. The van der Waals surface area contributed by atoms with E-state index in [2.05, 4.69) is 22.3 Å². The second kappa shape index (κ2) is 6.30. The summed E-state index contributed by atoms with van der Waals surface area (Å²) in [5.41, 5.74) is 5.04. The number of nitrogens with one attached hydrogen (secondary N) is 1. The van der Waals surface area contributed by atoms with Crippen molar-refractivity contribution < 1.29 is 13.2 Å². The topological polar surface area (TPSA) is 68.2 Å². The molecule has 0 aromatic carbocycles. The molecule has 3 N–H and O–H groups in total. The molecule has 0 bridgehead atoms. The quantitative estimate of drug-likeness (QED) is 0.860. The number of fused-ring (bicyclic) bond motifs is 1. The maximum absolute atomic E-state index is 12.7. The predicted octanol–water partition coefficient (Wildman–Crippen LogP) is 2.68. The van der Waals surface area contributed by atoms with E-state index in [4.69, 9.17) is 5.73 Å². The first-order valence-electron chi connectivity index (χ1n) is 6.84. The lowest BCUT2D eigenvalue weighted by molar-refractivity contribution is -0.141. The summed E-state index contributed by atoms with van der Waals surface area (Å²) in [7, 11) is 0. The van der Waals surface area contributed by atoms with Gasteiger partial charge in [0.15, 0.2) is 11.5 Å². The van der Waals surface area contributed by atoms with Crippen LogP contribution in [0.3, 0.4) is 0 Å². The number of anilines is 1. The summed E-state index contributed by atoms with van der Waals surface area (Å²) in [6.45, 7) is 2.46. The molecule has 0 saturated carbocycles. The Bertz CT molecular complexity index is 593. The lowest BCUT2D eigenvalue weighted by atomic mass is 10.1. The van der Waals surface area contributed by atoms with E-state index in [1.807, 2.05) is 0 Å². The van der Waals surface area contributed by atoms with E-state index >= 15 is 0 Å². The highest BCUT2D eigenvalue weighted by molar-refractivity contribution is 5.68. The molecule has 116 valence electrons. The molecule has 0 spiro atoms. The standard InChI is InChI=1S/C13H18F3N5/c1-2-3-4-9(8-17)19-12-10-7-11(13(14,15)16)20-21(10)6-5-18-12/h5-7,9H,2-4,8,17H2,1H3,(H,18,19). The Morgan fingerprint density at radius 2 is 2.19 bits per heavy atom. The highest BCUT2D eigenvalue weighted by Gasteiger charge is 2.34. The average Bonchev–Trinajstić information content (AvgIpc) is 2.88. The molecule has 0 aliphatic heterocycles. The minimum Gasteiger partial charge on any atom is -0.364 e. The molecule has 0 saturated heterocycles. The molecule has 1 unspecified atom stereocenters. The second-order valence-electron chi connectivity index (χ2n) is 4.85. The van der Waals surface area contributed by atoms with Gasteiger partial charge in [0.05, 0.1) is 0 Å². The van der Waals surface area contributed by atoms with Crippen LogP contribution in [0.15, 0.2) is 18.5 Å². The van der Waals surface area contributed by atoms with Gasteiger partial charge >= 0.3 is 6.18 Å². The minimum atomic E-state index is -4.47. The summed E-state index contributed by atoms with van der Waals surface area (Å²) in [6, 6.07) is 0.968. The Morgan fingerprint density at radius 3 is 2.81 bits per heavy atom. The molecule has 2 aromatic heterocycles. The van der Waals surface area contributed by atoms with Crippen LogP contribution in [-0.4, -0.2) is 27.2 Å². The SMILES string of the molecule is CCCCC(CN)Nc1nccn2nc(C(F)(F)F)cc12. The lowest BCUT2D eigenvalue weighted by Gasteiger charge is -2.17. The number of hydrogen-bond acceptors (Lipinski definition) is 4. The van der Waals surface area contributed by atoms with Gasteiger partial charge in [0, 0.05) is 31.0 Å². The molecule has 1 atom stereocenters. The monoisotopic (exact) mass is 301 g/mol. The maximum Gasteiger partial charge on any atom is 0.435 e. The van der Waals surface area contributed by atoms with Crippen LogP contribution in [0.4, 0.5) is 19.0 Å². The number of halogens is 3. The van der Waals surface area contributed by atoms with Crippen LogP contribution in [0.1, 0.15) is 31.9 Å². The van der Waals surface area contributed by atoms with E-state index in [-0.39, 0.29) is 6.04 Å². The molecule has 0 aliphatic rings. The zero-order chi connectivity index (χ0) is 15.5. The van der Waals surface area contributed by atoms with E-state index in [0.29, 0.717) is 17.9 Å². The first kappa shape index (κ1) is 15.6. The van der Waals surface area contributed by atoms with E-state index < -0.39 is 11.9 Å². The van der Waals surface area contributed by atoms with Crippen molar-refractivity contribution >= 4 is 11.3 Å². The third-order valence-corrected chi connectivity index (χ3v) is 3.21. The van der Waals surface area contributed by atoms with Crippen molar-refractivity contribution in [3.05, 3.63) is 24.2 Å². The first-order chi connectivity index (χ1) is 9.95. The Morgan fingerprint density at radius 1 is 1.43 bits per heavy atom. The van der Waals surface area contributed by atoms with Crippen molar-refractivity contribution in [2.75, 3.05) is 11.9 Å². The molecule has 2 rings (SSSR count). The Hall–Kier alpha value is -1.83. The molecule has 21 heavy (non-hydrogen) atoms. The third-order valence-electron chi connectivity index (χ3n) is 3.21. The Kier molecular flexibility index (Phi) is 4.66. The van der Waals surface area contributed by atoms with Gasteiger partial charge in [-0.2, -0.15) is 18.3 Å². The third kappa shape index (κ3) is 3.63. The van der Waals surface area contributed by atoms with Crippen LogP contribution in [-0.2, 0) is 6.18 Å². The molecule has 2 aromatic rings. The number of unbranched alkanes of at least 4 members (excludes halogenated alkanes) is 1. The second-order valence-corrected chi connectivity index (χ2v) is 4.85. The van der Waals surface area contributed by atoms with Crippen molar-refractivity contribution in [2.45, 2.75) is 38.4 Å². The fraction of sp³-hybridized carbons (Fsp3) is 0.538. The maximum atomic E-state index is 12.7. The number of aromatic nitrogens is 3. The van der Waals surface area contributed by atoms with Crippen LogP contribution in [0.25, 0.3) is 5.52 Å². The summed E-state index contributed by atoms with van der Waals surface area (Å²) < 4.78 is 39.3. The van der Waals surface area contributed by atoms with E-state index in [0.717, 1.165) is 25.3 Å². The van der Waals surface area contributed by atoms with E-state index in [9.17, 15) is 13.2 Å². The van der Waals surface area contributed by atoms with Crippen LogP contribution in [0, 0.1) is 0 Å². The van der Waals surface area contributed by atoms with Crippen molar-refractivity contribution in [1.82, 2.24) is 14.6 Å². The molecular formula is C13H18F3N5. The fourth-order valence-electron chi connectivity index (χ4n) is 2.06. The van der Waals surface area contributed by atoms with Crippen molar-refractivity contribution in [1.29, 1.82) is 0 Å². The largest absolute Gasteiger partial charge is 0.435 e. The molecule has 0 aliphatic carbocycles. The van der Waals surface area contributed by atoms with E-state index in [1.165, 1.54) is 16.9 Å². The molecule has 0 fully saturated rings. The Balaban J connectivity index is 2.29. The predicted molar refractivity (Wildman–Crippen MR) is 74.0 cm³/mol. The van der Waals surface area contributed by atoms with Gasteiger partial charge in [-0.1, -0.05) is 19.8 Å². The average molecular weight is 301 g/mol. The van der Waals surface area contributed by atoms with E-state index in [1.54, 1.807) is 0 Å². The Labute approximate surface area is 120 Å².